The average Bonchev–Trinajstić information content (AvgIpc) is 2.79. The third-order valence-corrected chi connectivity index (χ3v) is 3.75. The summed E-state index contributed by atoms with van der Waals surface area (Å²) in [5, 5.41) is 3.31. The van der Waals surface area contributed by atoms with Crippen molar-refractivity contribution in [1.29, 1.82) is 0 Å². The summed E-state index contributed by atoms with van der Waals surface area (Å²) in [6, 6.07) is 6.64. The molecule has 0 saturated carbocycles. The second kappa shape index (κ2) is 5.69. The first-order valence-corrected chi connectivity index (χ1v) is 6.88. The minimum Gasteiger partial charge on any atom is -0.485 e. The summed E-state index contributed by atoms with van der Waals surface area (Å²) < 4.78 is 19.6. The number of halogens is 2. The minimum atomic E-state index is -0.363. The van der Waals surface area contributed by atoms with E-state index in [4.69, 9.17) is 10.6 Å². The number of ether oxygens (including phenoxy) is 1. The topological polar surface area (TPSA) is 38.5 Å². The molecule has 0 aliphatic heterocycles. The van der Waals surface area contributed by atoms with Gasteiger partial charge < -0.3 is 9.75 Å². The molecule has 96 valence electrons. The van der Waals surface area contributed by atoms with E-state index in [1.54, 1.807) is 18.4 Å². The normalized spacial score (nSPS) is 10.4. The van der Waals surface area contributed by atoms with Crippen LogP contribution in [0, 0.1) is 5.82 Å². The SMILES string of the molecule is CN(N)c1cc(F)cc(Br)c1OCc1cccs1. The first-order chi connectivity index (χ1) is 8.58. The van der Waals surface area contributed by atoms with Crippen molar-refractivity contribution < 1.29 is 9.13 Å². The summed E-state index contributed by atoms with van der Waals surface area (Å²) in [6.45, 7) is 0.433. The molecule has 0 aliphatic rings. The molecule has 1 aromatic carbocycles. The van der Waals surface area contributed by atoms with Gasteiger partial charge in [-0.3, -0.25) is 0 Å². The van der Waals surface area contributed by atoms with Gasteiger partial charge in [0.2, 0.25) is 0 Å². The molecule has 2 rings (SSSR count). The lowest BCUT2D eigenvalue weighted by Crippen LogP contribution is -2.25. The van der Waals surface area contributed by atoms with Crippen molar-refractivity contribution in [2.75, 3.05) is 12.1 Å². The molecule has 0 amide bonds. The fraction of sp³-hybridized carbons (Fsp3) is 0.167. The minimum absolute atomic E-state index is 0.363. The van der Waals surface area contributed by atoms with Crippen LogP contribution in [0.25, 0.3) is 0 Å². The summed E-state index contributed by atoms with van der Waals surface area (Å²) in [5.41, 5.74) is 0.499. The Morgan fingerprint density at radius 2 is 2.28 bits per heavy atom. The van der Waals surface area contributed by atoms with Gasteiger partial charge in [-0.25, -0.2) is 10.2 Å². The van der Waals surface area contributed by atoms with Crippen LogP contribution < -0.4 is 15.6 Å². The Bertz CT molecular complexity index is 531. The Morgan fingerprint density at radius 1 is 1.50 bits per heavy atom. The first-order valence-electron chi connectivity index (χ1n) is 5.20. The monoisotopic (exact) mass is 330 g/mol. The van der Waals surface area contributed by atoms with Crippen molar-refractivity contribution in [1.82, 2.24) is 0 Å². The van der Waals surface area contributed by atoms with Crippen LogP contribution in [-0.2, 0) is 6.61 Å². The molecule has 6 heteroatoms. The standard InChI is InChI=1S/C12H12BrFN2OS/c1-16(15)11-6-8(14)5-10(13)12(11)17-7-9-3-2-4-18-9/h2-6H,7,15H2,1H3. The molecule has 0 spiro atoms. The van der Waals surface area contributed by atoms with E-state index in [0.717, 1.165) is 4.88 Å². The van der Waals surface area contributed by atoms with Crippen molar-refractivity contribution in [2.24, 2.45) is 5.84 Å². The number of hydrogen-bond acceptors (Lipinski definition) is 4. The maximum Gasteiger partial charge on any atom is 0.158 e. The zero-order valence-electron chi connectivity index (χ0n) is 9.69. The van der Waals surface area contributed by atoms with Crippen LogP contribution in [0.2, 0.25) is 0 Å². The fourth-order valence-electron chi connectivity index (χ4n) is 1.49. The van der Waals surface area contributed by atoms with Crippen LogP contribution in [0.3, 0.4) is 0 Å². The summed E-state index contributed by atoms with van der Waals surface area (Å²) in [4.78, 5) is 1.09. The number of rotatable bonds is 4. The second-order valence-corrected chi connectivity index (χ2v) is 5.60. The Kier molecular flexibility index (Phi) is 4.21. The van der Waals surface area contributed by atoms with E-state index >= 15 is 0 Å². The number of nitrogens with zero attached hydrogens (tertiary/aromatic N) is 1. The van der Waals surface area contributed by atoms with Crippen LogP contribution in [0.1, 0.15) is 4.88 Å². The molecular weight excluding hydrogens is 319 g/mol. The maximum atomic E-state index is 13.3. The van der Waals surface area contributed by atoms with E-state index in [0.29, 0.717) is 22.5 Å². The van der Waals surface area contributed by atoms with Crippen molar-refractivity contribution in [3.8, 4) is 5.75 Å². The third-order valence-electron chi connectivity index (χ3n) is 2.31. The molecular formula is C12H12BrFN2OS. The number of benzene rings is 1. The highest BCUT2D eigenvalue weighted by Gasteiger charge is 2.13. The van der Waals surface area contributed by atoms with Crippen LogP contribution in [-0.4, -0.2) is 7.05 Å². The molecule has 2 N–H and O–H groups in total. The quantitative estimate of drug-likeness (QED) is 0.688. The van der Waals surface area contributed by atoms with Gasteiger partial charge in [0, 0.05) is 18.0 Å². The molecule has 0 bridgehead atoms. The van der Waals surface area contributed by atoms with Crippen molar-refractivity contribution in [3.05, 3.63) is 44.8 Å². The lowest BCUT2D eigenvalue weighted by atomic mass is 10.3. The van der Waals surface area contributed by atoms with Crippen LogP contribution in [0.4, 0.5) is 10.1 Å². The lowest BCUT2D eigenvalue weighted by molar-refractivity contribution is 0.308. The molecule has 0 fully saturated rings. The zero-order chi connectivity index (χ0) is 13.1. The van der Waals surface area contributed by atoms with E-state index < -0.39 is 0 Å². The van der Waals surface area contributed by atoms with Gasteiger partial charge >= 0.3 is 0 Å². The van der Waals surface area contributed by atoms with Gasteiger partial charge in [-0.05, 0) is 33.4 Å². The summed E-state index contributed by atoms with van der Waals surface area (Å²) in [6.07, 6.45) is 0. The molecule has 0 radical (unpaired) electrons. The van der Waals surface area contributed by atoms with Gasteiger partial charge in [0.25, 0.3) is 0 Å². The Morgan fingerprint density at radius 3 is 2.89 bits per heavy atom. The van der Waals surface area contributed by atoms with E-state index in [9.17, 15) is 4.39 Å². The van der Waals surface area contributed by atoms with Gasteiger partial charge in [-0.15, -0.1) is 11.3 Å². The molecule has 0 aliphatic carbocycles. The summed E-state index contributed by atoms with van der Waals surface area (Å²) in [5.74, 6) is 5.84. The smallest absolute Gasteiger partial charge is 0.158 e. The lowest BCUT2D eigenvalue weighted by Gasteiger charge is -2.18. The summed E-state index contributed by atoms with van der Waals surface area (Å²) in [7, 11) is 1.64. The number of thiophene rings is 1. The highest BCUT2D eigenvalue weighted by Crippen LogP contribution is 2.36. The van der Waals surface area contributed by atoms with E-state index in [1.807, 2.05) is 17.5 Å². The maximum absolute atomic E-state index is 13.3. The number of anilines is 1. The van der Waals surface area contributed by atoms with E-state index in [-0.39, 0.29) is 5.82 Å². The highest BCUT2D eigenvalue weighted by atomic mass is 79.9. The Hall–Kier alpha value is -1.11. The van der Waals surface area contributed by atoms with E-state index in [1.165, 1.54) is 17.1 Å². The van der Waals surface area contributed by atoms with Crippen molar-refractivity contribution >= 4 is 33.0 Å². The molecule has 0 unspecified atom stereocenters. The van der Waals surface area contributed by atoms with Crippen LogP contribution >= 0.6 is 27.3 Å². The van der Waals surface area contributed by atoms with E-state index in [2.05, 4.69) is 15.9 Å². The predicted molar refractivity (Wildman–Crippen MR) is 75.3 cm³/mol. The zero-order valence-corrected chi connectivity index (χ0v) is 12.1. The molecule has 2 aromatic rings. The van der Waals surface area contributed by atoms with Gasteiger partial charge in [0.1, 0.15) is 12.4 Å². The molecule has 18 heavy (non-hydrogen) atoms. The average molecular weight is 331 g/mol. The van der Waals surface area contributed by atoms with Crippen LogP contribution in [0.15, 0.2) is 34.1 Å². The Balaban J connectivity index is 2.25. The van der Waals surface area contributed by atoms with Gasteiger partial charge in [0.05, 0.1) is 10.2 Å². The first kappa shape index (κ1) is 13.3. The second-order valence-electron chi connectivity index (χ2n) is 3.71. The molecule has 0 saturated heterocycles. The fourth-order valence-corrected chi connectivity index (χ4v) is 2.64. The molecule has 1 aromatic heterocycles. The molecule has 0 atom stereocenters. The highest BCUT2D eigenvalue weighted by molar-refractivity contribution is 9.10. The molecule has 1 heterocycles. The van der Waals surface area contributed by atoms with Crippen LogP contribution in [0.5, 0.6) is 5.75 Å². The third kappa shape index (κ3) is 3.01. The van der Waals surface area contributed by atoms with Crippen molar-refractivity contribution in [2.45, 2.75) is 6.61 Å². The largest absolute Gasteiger partial charge is 0.485 e. The summed E-state index contributed by atoms with van der Waals surface area (Å²) >= 11 is 4.89. The van der Waals surface area contributed by atoms with Gasteiger partial charge in [0.15, 0.2) is 5.75 Å². The van der Waals surface area contributed by atoms with Gasteiger partial charge in [-0.2, -0.15) is 0 Å². The van der Waals surface area contributed by atoms with Gasteiger partial charge in [-0.1, -0.05) is 6.07 Å². The number of nitrogens with two attached hydrogens (primary N) is 1. The van der Waals surface area contributed by atoms with Crippen molar-refractivity contribution in [3.63, 3.8) is 0 Å². The predicted octanol–water partition coefficient (Wildman–Crippen LogP) is 3.54. The Labute approximate surface area is 117 Å². The molecule has 3 nitrogen and oxygen atoms in total. The number of hydrazine groups is 1. The number of hydrogen-bond donors (Lipinski definition) is 1.